The Balaban J connectivity index is 4.24. The maximum atomic E-state index is 12.6. The molecule has 0 aliphatic carbocycles. The van der Waals surface area contributed by atoms with Crippen LogP contribution in [0.1, 0.15) is 206 Å². The summed E-state index contributed by atoms with van der Waals surface area (Å²) in [6.07, 6.45) is 38.1. The van der Waals surface area contributed by atoms with Gasteiger partial charge >= 0.3 is 11.9 Å². The molecule has 2 atom stereocenters. The lowest BCUT2D eigenvalue weighted by Gasteiger charge is -2.28. The number of phosphoric ester groups is 1. The van der Waals surface area contributed by atoms with Gasteiger partial charge in [-0.3, -0.25) is 14.2 Å². The van der Waals surface area contributed by atoms with E-state index in [9.17, 15) is 19.0 Å². The summed E-state index contributed by atoms with van der Waals surface area (Å²) in [7, 11) is 1.17. The Morgan fingerprint density at radius 1 is 0.556 bits per heavy atom. The predicted molar refractivity (Wildman–Crippen MR) is 222 cm³/mol. The number of esters is 2. The van der Waals surface area contributed by atoms with E-state index in [0.717, 1.165) is 57.8 Å². The molecule has 0 aromatic heterocycles. The highest BCUT2D eigenvalue weighted by molar-refractivity contribution is 7.45. The molecule has 0 aliphatic rings. The van der Waals surface area contributed by atoms with E-state index in [1.807, 2.05) is 21.1 Å². The first-order valence-electron chi connectivity index (χ1n) is 22.4. The van der Waals surface area contributed by atoms with Gasteiger partial charge < -0.3 is 27.9 Å². The summed E-state index contributed by atoms with van der Waals surface area (Å²) in [6, 6.07) is 0. The van der Waals surface area contributed by atoms with Crippen molar-refractivity contribution in [1.82, 2.24) is 0 Å². The summed E-state index contributed by atoms with van der Waals surface area (Å²) in [5.41, 5.74) is 0. The molecule has 9 nitrogen and oxygen atoms in total. The second-order valence-corrected chi connectivity index (χ2v) is 17.8. The molecule has 0 radical (unpaired) electrons. The lowest BCUT2D eigenvalue weighted by Crippen LogP contribution is -2.37. The largest absolute Gasteiger partial charge is 0.756 e. The van der Waals surface area contributed by atoms with E-state index in [1.54, 1.807) is 0 Å². The highest BCUT2D eigenvalue weighted by atomic mass is 31.2. The van der Waals surface area contributed by atoms with Crippen molar-refractivity contribution in [2.45, 2.75) is 213 Å². The van der Waals surface area contributed by atoms with Gasteiger partial charge in [-0.1, -0.05) is 174 Å². The number of carbonyl (C=O) groups excluding carboxylic acids is 2. The van der Waals surface area contributed by atoms with Crippen molar-refractivity contribution in [3.63, 3.8) is 0 Å². The fourth-order valence-electron chi connectivity index (χ4n) is 6.22. The van der Waals surface area contributed by atoms with Crippen LogP contribution in [0, 0.1) is 0 Å². The van der Waals surface area contributed by atoms with Gasteiger partial charge in [-0.05, 0) is 32.1 Å². The number of hydrogen-bond donors (Lipinski definition) is 0. The molecule has 0 fully saturated rings. The van der Waals surface area contributed by atoms with Crippen molar-refractivity contribution < 1.29 is 42.1 Å². The Labute approximate surface area is 333 Å². The summed E-state index contributed by atoms with van der Waals surface area (Å²) in [5.74, 6) is -0.836. The van der Waals surface area contributed by atoms with Gasteiger partial charge in [0.25, 0.3) is 7.82 Å². The Morgan fingerprint density at radius 2 is 0.963 bits per heavy atom. The van der Waals surface area contributed by atoms with Crippen LogP contribution in [0.2, 0.25) is 0 Å². The minimum absolute atomic E-state index is 0.0295. The number of nitrogens with zero attached hydrogens (tertiary/aromatic N) is 1. The molecule has 0 bridgehead atoms. The van der Waals surface area contributed by atoms with Gasteiger partial charge in [0.2, 0.25) is 0 Å². The summed E-state index contributed by atoms with van der Waals surface area (Å²) in [6.45, 7) is 4.20. The van der Waals surface area contributed by atoms with Gasteiger partial charge in [-0.15, -0.1) is 0 Å². The van der Waals surface area contributed by atoms with Crippen LogP contribution in [0.3, 0.4) is 0 Å². The predicted octanol–water partition coefficient (Wildman–Crippen LogP) is 11.9. The molecule has 54 heavy (non-hydrogen) atoms. The smallest absolute Gasteiger partial charge is 0.306 e. The van der Waals surface area contributed by atoms with Crippen molar-refractivity contribution in [3.05, 3.63) is 12.2 Å². The number of ether oxygens (including phenoxy) is 2. The zero-order valence-corrected chi connectivity index (χ0v) is 36.8. The number of allylic oxidation sites excluding steroid dienone is 2. The van der Waals surface area contributed by atoms with Crippen LogP contribution in [0.5, 0.6) is 0 Å². The third kappa shape index (κ3) is 40.4. The Hall–Kier alpha value is -1.25. The summed E-state index contributed by atoms with van der Waals surface area (Å²) in [5, 5.41) is 0. The van der Waals surface area contributed by atoms with E-state index in [1.165, 1.54) is 116 Å². The molecule has 0 amide bonds. The van der Waals surface area contributed by atoms with Crippen LogP contribution in [0.15, 0.2) is 12.2 Å². The number of likely N-dealkylation sites (N-methyl/N-ethyl adjacent to an activating group) is 1. The lowest BCUT2D eigenvalue weighted by molar-refractivity contribution is -0.870. The van der Waals surface area contributed by atoms with Crippen molar-refractivity contribution in [1.29, 1.82) is 0 Å². The maximum Gasteiger partial charge on any atom is 0.306 e. The van der Waals surface area contributed by atoms with Crippen molar-refractivity contribution in [2.24, 2.45) is 0 Å². The Bertz CT molecular complexity index is 938. The second kappa shape index (κ2) is 37.3. The SMILES string of the molecule is CCCC/C=C\CCCCCCCC(=O)OC(COC(=O)CCCCCCCCCCCCCCCCCCCCC)COP(=O)([O-])OCC[N+](C)(C)C. The molecule has 2 unspecified atom stereocenters. The van der Waals surface area contributed by atoms with E-state index in [4.69, 9.17) is 18.5 Å². The van der Waals surface area contributed by atoms with Gasteiger partial charge in [0.15, 0.2) is 6.10 Å². The van der Waals surface area contributed by atoms with E-state index in [0.29, 0.717) is 17.4 Å². The molecule has 320 valence electrons. The van der Waals surface area contributed by atoms with Gasteiger partial charge in [-0.25, -0.2) is 0 Å². The lowest BCUT2D eigenvalue weighted by atomic mass is 10.0. The number of unbranched alkanes of at least 4 members (excludes halogenated alkanes) is 25. The first kappa shape index (κ1) is 52.8. The van der Waals surface area contributed by atoms with E-state index >= 15 is 0 Å². The number of rotatable bonds is 41. The van der Waals surface area contributed by atoms with E-state index in [-0.39, 0.29) is 32.0 Å². The average molecular weight is 788 g/mol. The van der Waals surface area contributed by atoms with Gasteiger partial charge in [0.05, 0.1) is 27.7 Å². The van der Waals surface area contributed by atoms with Crippen LogP contribution in [-0.2, 0) is 32.7 Å². The summed E-state index contributed by atoms with van der Waals surface area (Å²) in [4.78, 5) is 37.5. The van der Waals surface area contributed by atoms with Gasteiger partial charge in [0, 0.05) is 12.8 Å². The third-order valence-corrected chi connectivity index (χ3v) is 10.7. The zero-order chi connectivity index (χ0) is 40.0. The van der Waals surface area contributed by atoms with Crippen LogP contribution in [-0.4, -0.2) is 70.0 Å². The van der Waals surface area contributed by atoms with Crippen LogP contribution in [0.4, 0.5) is 0 Å². The van der Waals surface area contributed by atoms with E-state index in [2.05, 4.69) is 26.0 Å². The van der Waals surface area contributed by atoms with Gasteiger partial charge in [-0.2, -0.15) is 0 Å². The Morgan fingerprint density at radius 3 is 1.43 bits per heavy atom. The minimum Gasteiger partial charge on any atom is -0.756 e. The second-order valence-electron chi connectivity index (χ2n) is 16.4. The standard InChI is InChI=1S/C44H86NO8P/c1-6-8-10-12-14-16-18-19-20-21-22-23-24-25-27-28-30-32-34-36-43(46)50-40-42(41-52-54(48,49)51-39-38-45(3,4)5)53-44(47)37-35-33-31-29-26-17-15-13-11-9-7-2/h13,15,42H,6-12,14,16-41H2,1-5H3/b15-13-. The molecule has 0 saturated carbocycles. The Kier molecular flexibility index (Phi) is 36.5. The summed E-state index contributed by atoms with van der Waals surface area (Å²) < 4.78 is 33.9. The number of hydrogen-bond acceptors (Lipinski definition) is 8. The molecule has 0 heterocycles. The molecule has 0 saturated heterocycles. The fraction of sp³-hybridized carbons (Fsp3) is 0.909. The molecule has 0 N–H and O–H groups in total. The number of carbonyl (C=O) groups is 2. The average Bonchev–Trinajstić information content (AvgIpc) is 3.12. The first-order chi connectivity index (χ1) is 26.0. The molecule has 0 aliphatic heterocycles. The van der Waals surface area contributed by atoms with Gasteiger partial charge in [0.1, 0.15) is 19.8 Å². The fourth-order valence-corrected chi connectivity index (χ4v) is 6.95. The number of phosphoric acid groups is 1. The molecular weight excluding hydrogens is 701 g/mol. The van der Waals surface area contributed by atoms with E-state index < -0.39 is 26.5 Å². The molecular formula is C44H86NO8P. The van der Waals surface area contributed by atoms with Crippen LogP contribution >= 0.6 is 7.82 Å². The molecule has 10 heteroatoms. The minimum atomic E-state index is -4.62. The molecule has 0 spiro atoms. The molecule has 0 aromatic carbocycles. The quantitative estimate of drug-likeness (QED) is 0.0198. The topological polar surface area (TPSA) is 111 Å². The van der Waals surface area contributed by atoms with Crippen LogP contribution in [0.25, 0.3) is 0 Å². The van der Waals surface area contributed by atoms with Crippen LogP contribution < -0.4 is 4.89 Å². The monoisotopic (exact) mass is 788 g/mol. The highest BCUT2D eigenvalue weighted by Crippen LogP contribution is 2.38. The molecule has 0 rings (SSSR count). The normalized spacial score (nSPS) is 13.7. The highest BCUT2D eigenvalue weighted by Gasteiger charge is 2.21. The van der Waals surface area contributed by atoms with Crippen molar-refractivity contribution >= 4 is 19.8 Å². The third-order valence-electron chi connectivity index (χ3n) is 9.79. The molecule has 0 aromatic rings. The maximum absolute atomic E-state index is 12.6. The summed E-state index contributed by atoms with van der Waals surface area (Å²) >= 11 is 0. The number of quaternary nitrogens is 1. The zero-order valence-electron chi connectivity index (χ0n) is 35.9. The van der Waals surface area contributed by atoms with Crippen molar-refractivity contribution in [2.75, 3.05) is 47.5 Å². The van der Waals surface area contributed by atoms with Crippen molar-refractivity contribution in [3.8, 4) is 0 Å². The first-order valence-corrected chi connectivity index (χ1v) is 23.9.